The zero-order chi connectivity index (χ0) is 20.1. The van der Waals surface area contributed by atoms with Crippen LogP contribution >= 0.6 is 0 Å². The van der Waals surface area contributed by atoms with Crippen molar-refractivity contribution in [2.45, 2.75) is 12.8 Å². The molecule has 3 rings (SSSR count). The minimum atomic E-state index is -1.80. The number of carbonyl (C=O) groups excluding carboxylic acids is 1. The van der Waals surface area contributed by atoms with E-state index in [1.165, 1.54) is 0 Å². The van der Waals surface area contributed by atoms with Crippen LogP contribution in [0.1, 0.15) is 24.0 Å². The van der Waals surface area contributed by atoms with E-state index in [4.69, 9.17) is 10.5 Å². The number of ether oxygens (including phenoxy) is 1. The Morgan fingerprint density at radius 2 is 1.71 bits per heavy atom. The summed E-state index contributed by atoms with van der Waals surface area (Å²) in [5, 5.41) is 19.9. The van der Waals surface area contributed by atoms with Gasteiger partial charge in [0, 0.05) is 5.92 Å². The highest BCUT2D eigenvalue weighted by molar-refractivity contribution is 5.94. The van der Waals surface area contributed by atoms with Gasteiger partial charge in [-0.1, -0.05) is 66.7 Å². The fourth-order valence-corrected chi connectivity index (χ4v) is 3.53. The van der Waals surface area contributed by atoms with E-state index in [0.29, 0.717) is 5.57 Å². The highest BCUT2D eigenvalue weighted by atomic mass is 16.5. The number of hydrogen-bond donors (Lipinski definition) is 1. The highest BCUT2D eigenvalue weighted by Gasteiger charge is 2.53. The van der Waals surface area contributed by atoms with Crippen molar-refractivity contribution in [1.29, 1.82) is 10.5 Å². The zero-order valence-corrected chi connectivity index (χ0v) is 15.4. The molecule has 1 aliphatic carbocycles. The van der Waals surface area contributed by atoms with Crippen LogP contribution in [0.2, 0.25) is 0 Å². The molecular weight excluding hydrogens is 350 g/mol. The molecule has 5 nitrogen and oxygen atoms in total. The summed E-state index contributed by atoms with van der Waals surface area (Å²) in [6, 6.07) is 22.7. The number of nitrogens with two attached hydrogens (primary N) is 1. The van der Waals surface area contributed by atoms with Gasteiger partial charge in [0.2, 0.25) is 5.41 Å². The fraction of sp³-hybridized carbons (Fsp3) is 0.174. The van der Waals surface area contributed by atoms with Crippen molar-refractivity contribution in [3.8, 4) is 12.1 Å². The Morgan fingerprint density at radius 3 is 2.25 bits per heavy atom. The molecule has 138 valence electrons. The smallest absolute Gasteiger partial charge is 0.333 e. The quantitative estimate of drug-likeness (QED) is 0.829. The molecule has 0 fully saturated rings. The lowest BCUT2D eigenvalue weighted by atomic mass is 9.65. The molecule has 2 N–H and O–H groups in total. The molecule has 2 aromatic carbocycles. The number of nitrogens with zero attached hydrogens (tertiary/aromatic N) is 2. The summed E-state index contributed by atoms with van der Waals surface area (Å²) in [7, 11) is 0. The van der Waals surface area contributed by atoms with Gasteiger partial charge in [0.15, 0.2) is 0 Å². The molecule has 0 amide bonds. The van der Waals surface area contributed by atoms with Crippen molar-refractivity contribution in [1.82, 2.24) is 0 Å². The first kappa shape index (κ1) is 18.9. The molecule has 0 unspecified atom stereocenters. The van der Waals surface area contributed by atoms with E-state index in [2.05, 4.69) is 12.1 Å². The summed E-state index contributed by atoms with van der Waals surface area (Å²) < 4.78 is 5.22. The monoisotopic (exact) mass is 369 g/mol. The molecule has 2 atom stereocenters. The van der Waals surface area contributed by atoms with Gasteiger partial charge in [-0.15, -0.1) is 0 Å². The van der Waals surface area contributed by atoms with Crippen LogP contribution in [0.5, 0.6) is 0 Å². The molecule has 1 aliphatic rings. The molecule has 2 aromatic rings. The maximum atomic E-state index is 13.0. The van der Waals surface area contributed by atoms with E-state index in [1.807, 2.05) is 60.7 Å². The van der Waals surface area contributed by atoms with Crippen molar-refractivity contribution < 1.29 is 9.53 Å². The summed E-state index contributed by atoms with van der Waals surface area (Å²) in [6.45, 7) is 1.77. The second-order valence-electron chi connectivity index (χ2n) is 6.38. The lowest BCUT2D eigenvalue weighted by molar-refractivity contribution is -0.150. The van der Waals surface area contributed by atoms with E-state index in [-0.39, 0.29) is 17.9 Å². The fourth-order valence-electron chi connectivity index (χ4n) is 3.53. The summed E-state index contributed by atoms with van der Waals surface area (Å²) in [5.41, 5.74) is 6.73. The molecule has 0 radical (unpaired) electrons. The Hall–Kier alpha value is -3.83. The number of carbonyl (C=O) groups is 1. The van der Waals surface area contributed by atoms with Crippen molar-refractivity contribution in [3.05, 3.63) is 89.1 Å². The van der Waals surface area contributed by atoms with Crippen molar-refractivity contribution in [2.75, 3.05) is 6.61 Å². The van der Waals surface area contributed by atoms with Crippen LogP contribution in [0.4, 0.5) is 0 Å². The number of esters is 1. The predicted octanol–water partition coefficient (Wildman–Crippen LogP) is 3.68. The lowest BCUT2D eigenvalue weighted by Gasteiger charge is -2.36. The van der Waals surface area contributed by atoms with Crippen LogP contribution < -0.4 is 5.73 Å². The number of hydrogen-bond acceptors (Lipinski definition) is 5. The molecule has 28 heavy (non-hydrogen) atoms. The van der Waals surface area contributed by atoms with Gasteiger partial charge in [-0.05, 0) is 23.6 Å². The van der Waals surface area contributed by atoms with E-state index >= 15 is 0 Å². The number of benzene rings is 2. The van der Waals surface area contributed by atoms with Gasteiger partial charge in [0.25, 0.3) is 0 Å². The Morgan fingerprint density at radius 1 is 1.11 bits per heavy atom. The summed E-state index contributed by atoms with van der Waals surface area (Å²) in [5.74, 6) is -1.44. The van der Waals surface area contributed by atoms with E-state index < -0.39 is 17.3 Å². The molecule has 0 heterocycles. The second-order valence-corrected chi connectivity index (χ2v) is 6.38. The van der Waals surface area contributed by atoms with Gasteiger partial charge >= 0.3 is 5.97 Å². The Balaban J connectivity index is 2.32. The average molecular weight is 369 g/mol. The minimum Gasteiger partial charge on any atom is -0.464 e. The molecule has 0 aromatic heterocycles. The predicted molar refractivity (Wildman–Crippen MR) is 105 cm³/mol. The van der Waals surface area contributed by atoms with Crippen molar-refractivity contribution in [2.24, 2.45) is 11.1 Å². The SMILES string of the molecule is CCOC(=O)[C@]1(C#N)C(N)=C(C#N)C(c2ccccc2)=C[C@H]1c1ccccc1. The van der Waals surface area contributed by atoms with Gasteiger partial charge in [-0.3, -0.25) is 0 Å². The summed E-state index contributed by atoms with van der Waals surface area (Å²) >= 11 is 0. The molecule has 0 saturated carbocycles. The van der Waals surface area contributed by atoms with Gasteiger partial charge in [0.1, 0.15) is 6.07 Å². The molecule has 0 spiro atoms. The highest BCUT2D eigenvalue weighted by Crippen LogP contribution is 2.49. The number of rotatable bonds is 4. The standard InChI is InChI=1S/C23H19N3O2/c1-2-28-22(27)23(15-25)20(17-11-7-4-8-12-17)13-18(19(14-24)21(23)26)16-9-5-3-6-10-16/h3-13,20H,2,26H2,1H3/t20-,23-/m0/s1. The van der Waals surface area contributed by atoms with Crippen LogP contribution in [-0.2, 0) is 9.53 Å². The summed E-state index contributed by atoms with van der Waals surface area (Å²) in [6.07, 6.45) is 1.78. The molecule has 0 saturated heterocycles. The van der Waals surface area contributed by atoms with E-state index in [9.17, 15) is 15.3 Å². The van der Waals surface area contributed by atoms with Gasteiger partial charge < -0.3 is 10.5 Å². The Kier molecular flexibility index (Phi) is 5.29. The third-order valence-corrected chi connectivity index (χ3v) is 4.89. The first-order valence-electron chi connectivity index (χ1n) is 8.91. The molecular formula is C23H19N3O2. The van der Waals surface area contributed by atoms with Crippen molar-refractivity contribution in [3.63, 3.8) is 0 Å². The largest absolute Gasteiger partial charge is 0.464 e. The first-order chi connectivity index (χ1) is 13.6. The van der Waals surface area contributed by atoms with E-state index in [1.54, 1.807) is 13.0 Å². The first-order valence-corrected chi connectivity index (χ1v) is 8.91. The normalized spacial score (nSPS) is 21.2. The van der Waals surface area contributed by atoms with Crippen LogP contribution in [0, 0.1) is 28.1 Å². The van der Waals surface area contributed by atoms with Crippen LogP contribution in [0.3, 0.4) is 0 Å². The Labute approximate surface area is 164 Å². The molecule has 0 bridgehead atoms. The van der Waals surface area contributed by atoms with E-state index in [0.717, 1.165) is 11.1 Å². The lowest BCUT2D eigenvalue weighted by Crippen LogP contribution is -2.44. The Bertz CT molecular complexity index is 1030. The summed E-state index contributed by atoms with van der Waals surface area (Å²) in [4.78, 5) is 13.0. The van der Waals surface area contributed by atoms with Crippen LogP contribution in [0.15, 0.2) is 78.0 Å². The van der Waals surface area contributed by atoms with Crippen LogP contribution in [0.25, 0.3) is 5.57 Å². The molecule has 0 aliphatic heterocycles. The third-order valence-electron chi connectivity index (χ3n) is 4.89. The van der Waals surface area contributed by atoms with Gasteiger partial charge in [-0.2, -0.15) is 10.5 Å². The maximum Gasteiger partial charge on any atom is 0.333 e. The zero-order valence-electron chi connectivity index (χ0n) is 15.4. The number of nitriles is 2. The average Bonchev–Trinajstić information content (AvgIpc) is 2.74. The number of allylic oxidation sites excluding steroid dienone is 3. The van der Waals surface area contributed by atoms with Gasteiger partial charge in [-0.25, -0.2) is 4.79 Å². The molecule has 5 heteroatoms. The second kappa shape index (κ2) is 7.82. The van der Waals surface area contributed by atoms with Gasteiger partial charge in [0.05, 0.1) is 23.9 Å². The maximum absolute atomic E-state index is 13.0. The van der Waals surface area contributed by atoms with Crippen LogP contribution in [-0.4, -0.2) is 12.6 Å². The third kappa shape index (κ3) is 2.94. The minimum absolute atomic E-state index is 0.0776. The topological polar surface area (TPSA) is 99.9 Å². The van der Waals surface area contributed by atoms with Crippen molar-refractivity contribution >= 4 is 11.5 Å².